The van der Waals surface area contributed by atoms with Crippen molar-refractivity contribution < 1.29 is 9.53 Å². The predicted molar refractivity (Wildman–Crippen MR) is 125 cm³/mol. The third-order valence-corrected chi connectivity index (χ3v) is 5.96. The highest BCUT2D eigenvalue weighted by atomic mass is 16.5. The smallest absolute Gasteiger partial charge is 0.306 e. The van der Waals surface area contributed by atoms with Gasteiger partial charge < -0.3 is 4.74 Å². The molecule has 0 bridgehead atoms. The van der Waals surface area contributed by atoms with Gasteiger partial charge in [0.05, 0.1) is 0 Å². The second kappa shape index (κ2) is 17.5. The molecule has 0 aliphatic heterocycles. The van der Waals surface area contributed by atoms with Gasteiger partial charge >= 0.3 is 5.97 Å². The zero-order valence-electron chi connectivity index (χ0n) is 19.6. The summed E-state index contributed by atoms with van der Waals surface area (Å²) in [6, 6.07) is 6.24. The van der Waals surface area contributed by atoms with Crippen molar-refractivity contribution >= 4 is 5.97 Å². The van der Waals surface area contributed by atoms with Crippen molar-refractivity contribution in [3.8, 4) is 0 Å². The Balaban J connectivity index is 1.84. The number of carbonyl (C=O) groups is 1. The Bertz CT molecular complexity index is 535. The molecule has 2 nitrogen and oxygen atoms in total. The number of benzene rings is 1. The van der Waals surface area contributed by atoms with Crippen LogP contribution in [-0.4, -0.2) is 5.97 Å². The zero-order chi connectivity index (χ0) is 21.2. The first-order chi connectivity index (χ1) is 14.1. The van der Waals surface area contributed by atoms with E-state index < -0.39 is 0 Å². The highest BCUT2D eigenvalue weighted by Gasteiger charge is 2.04. The third kappa shape index (κ3) is 14.3. The summed E-state index contributed by atoms with van der Waals surface area (Å²) in [5, 5.41) is 0. The van der Waals surface area contributed by atoms with E-state index >= 15 is 0 Å². The molecule has 1 rings (SSSR count). The van der Waals surface area contributed by atoms with Crippen molar-refractivity contribution in [3.05, 3.63) is 34.9 Å². The number of unbranched alkanes of at least 4 members (excludes halogenated alkanes) is 14. The highest BCUT2D eigenvalue weighted by Crippen LogP contribution is 2.14. The van der Waals surface area contributed by atoms with E-state index in [1.54, 1.807) is 0 Å². The molecular formula is C27H46O2. The van der Waals surface area contributed by atoms with Crippen LogP contribution in [0.15, 0.2) is 18.2 Å². The van der Waals surface area contributed by atoms with Crippen LogP contribution in [0.25, 0.3) is 0 Å². The molecule has 0 N–H and O–H groups in total. The summed E-state index contributed by atoms with van der Waals surface area (Å²) in [7, 11) is 0. The molecule has 0 fully saturated rings. The van der Waals surface area contributed by atoms with Crippen LogP contribution < -0.4 is 0 Å². The Morgan fingerprint density at radius 2 is 1.17 bits per heavy atom. The Morgan fingerprint density at radius 3 is 1.66 bits per heavy atom. The van der Waals surface area contributed by atoms with Gasteiger partial charge in [-0.05, 0) is 37.0 Å². The molecule has 0 atom stereocenters. The van der Waals surface area contributed by atoms with Gasteiger partial charge in [0.2, 0.25) is 0 Å². The maximum absolute atomic E-state index is 11.9. The quantitative estimate of drug-likeness (QED) is 0.181. The van der Waals surface area contributed by atoms with E-state index in [0.717, 1.165) is 18.4 Å². The van der Waals surface area contributed by atoms with Crippen molar-refractivity contribution in [2.24, 2.45) is 0 Å². The molecule has 1 aromatic rings. The molecule has 0 aromatic heterocycles. The second-order valence-corrected chi connectivity index (χ2v) is 8.78. The minimum atomic E-state index is -0.0575. The normalized spacial score (nSPS) is 11.0. The van der Waals surface area contributed by atoms with Crippen LogP contribution in [0.5, 0.6) is 0 Å². The van der Waals surface area contributed by atoms with Gasteiger partial charge in [-0.2, -0.15) is 0 Å². The predicted octanol–water partition coefficient (Wildman–Crippen LogP) is 8.61. The molecule has 0 saturated carbocycles. The van der Waals surface area contributed by atoms with Crippen molar-refractivity contribution in [1.82, 2.24) is 0 Å². The number of carbonyl (C=O) groups excluding carboxylic acids is 1. The fourth-order valence-corrected chi connectivity index (χ4v) is 3.77. The van der Waals surface area contributed by atoms with Crippen LogP contribution >= 0.6 is 0 Å². The summed E-state index contributed by atoms with van der Waals surface area (Å²) in [5.74, 6) is -0.0575. The molecule has 0 aliphatic carbocycles. The van der Waals surface area contributed by atoms with E-state index in [-0.39, 0.29) is 5.97 Å². The zero-order valence-corrected chi connectivity index (χ0v) is 19.6. The Labute approximate surface area is 180 Å². The first-order valence-electron chi connectivity index (χ1n) is 12.3. The topological polar surface area (TPSA) is 26.3 Å². The summed E-state index contributed by atoms with van der Waals surface area (Å²) in [6.45, 7) is 6.87. The highest BCUT2D eigenvalue weighted by molar-refractivity contribution is 5.69. The van der Waals surface area contributed by atoms with E-state index in [1.807, 2.05) is 6.07 Å². The maximum atomic E-state index is 11.9. The molecule has 0 saturated heterocycles. The van der Waals surface area contributed by atoms with Gasteiger partial charge in [-0.3, -0.25) is 4.79 Å². The summed E-state index contributed by atoms with van der Waals surface area (Å²) in [6.07, 6.45) is 20.7. The lowest BCUT2D eigenvalue weighted by Gasteiger charge is -2.07. The fraction of sp³-hybridized carbons (Fsp3) is 0.741. The number of ether oxygens (including phenoxy) is 1. The fourth-order valence-electron chi connectivity index (χ4n) is 3.77. The molecule has 2 heteroatoms. The van der Waals surface area contributed by atoms with Crippen LogP contribution in [0.4, 0.5) is 0 Å². The summed E-state index contributed by atoms with van der Waals surface area (Å²) >= 11 is 0. The van der Waals surface area contributed by atoms with Crippen molar-refractivity contribution in [2.45, 2.75) is 130 Å². The van der Waals surface area contributed by atoms with Gasteiger partial charge in [-0.15, -0.1) is 0 Å². The first-order valence-corrected chi connectivity index (χ1v) is 12.3. The lowest BCUT2D eigenvalue weighted by Crippen LogP contribution is -2.04. The molecule has 0 spiro atoms. The van der Waals surface area contributed by atoms with E-state index in [9.17, 15) is 4.79 Å². The van der Waals surface area contributed by atoms with Crippen LogP contribution in [0.3, 0.4) is 0 Å². The monoisotopic (exact) mass is 402 g/mol. The van der Waals surface area contributed by atoms with Crippen molar-refractivity contribution in [1.29, 1.82) is 0 Å². The SMILES string of the molecule is CCCCCCCCCCCCCCCCCC(=O)OCc1ccc(C)c(C)c1. The number of hydrogen-bond donors (Lipinski definition) is 0. The second-order valence-electron chi connectivity index (χ2n) is 8.78. The summed E-state index contributed by atoms with van der Waals surface area (Å²) < 4.78 is 5.40. The Kier molecular flexibility index (Phi) is 15.6. The largest absolute Gasteiger partial charge is 0.461 e. The maximum Gasteiger partial charge on any atom is 0.306 e. The molecule has 166 valence electrons. The molecule has 29 heavy (non-hydrogen) atoms. The Hall–Kier alpha value is -1.31. The molecule has 0 heterocycles. The number of aryl methyl sites for hydroxylation is 2. The molecule has 0 amide bonds. The van der Waals surface area contributed by atoms with Crippen molar-refractivity contribution in [3.63, 3.8) is 0 Å². The van der Waals surface area contributed by atoms with Gasteiger partial charge in [0.25, 0.3) is 0 Å². The van der Waals surface area contributed by atoms with E-state index in [1.165, 1.54) is 94.6 Å². The van der Waals surface area contributed by atoms with Gasteiger partial charge in [0, 0.05) is 6.42 Å². The molecule has 1 aromatic carbocycles. The van der Waals surface area contributed by atoms with Crippen molar-refractivity contribution in [2.75, 3.05) is 0 Å². The average Bonchev–Trinajstić information content (AvgIpc) is 2.71. The standard InChI is InChI=1S/C27H46O2/c1-4-5-6-7-8-9-10-11-12-13-14-15-16-17-18-19-27(28)29-23-26-21-20-24(2)25(3)22-26/h20-22H,4-19,23H2,1-3H3. The minimum Gasteiger partial charge on any atom is -0.461 e. The third-order valence-electron chi connectivity index (χ3n) is 5.96. The number of hydrogen-bond acceptors (Lipinski definition) is 2. The number of esters is 1. The molecule has 0 radical (unpaired) electrons. The van der Waals surface area contributed by atoms with Crippen LogP contribution in [0.2, 0.25) is 0 Å². The van der Waals surface area contributed by atoms with Crippen LogP contribution in [-0.2, 0) is 16.1 Å². The van der Waals surface area contributed by atoms with Crippen LogP contribution in [0.1, 0.15) is 126 Å². The van der Waals surface area contributed by atoms with Gasteiger partial charge in [-0.1, -0.05) is 115 Å². The molecule has 0 unspecified atom stereocenters. The lowest BCUT2D eigenvalue weighted by atomic mass is 10.0. The van der Waals surface area contributed by atoms with E-state index in [2.05, 4.69) is 32.9 Å². The lowest BCUT2D eigenvalue weighted by molar-refractivity contribution is -0.145. The Morgan fingerprint density at radius 1 is 0.690 bits per heavy atom. The van der Waals surface area contributed by atoms with E-state index in [4.69, 9.17) is 4.74 Å². The van der Waals surface area contributed by atoms with Gasteiger partial charge in [0.1, 0.15) is 6.61 Å². The average molecular weight is 403 g/mol. The van der Waals surface area contributed by atoms with E-state index in [0.29, 0.717) is 13.0 Å². The number of rotatable bonds is 18. The molecular weight excluding hydrogens is 356 g/mol. The van der Waals surface area contributed by atoms with Gasteiger partial charge in [0.15, 0.2) is 0 Å². The first kappa shape index (κ1) is 25.7. The summed E-state index contributed by atoms with van der Waals surface area (Å²) in [5.41, 5.74) is 3.61. The summed E-state index contributed by atoms with van der Waals surface area (Å²) in [4.78, 5) is 11.9. The molecule has 0 aliphatic rings. The minimum absolute atomic E-state index is 0.0575. The van der Waals surface area contributed by atoms with Crippen LogP contribution in [0, 0.1) is 13.8 Å². The van der Waals surface area contributed by atoms with Gasteiger partial charge in [-0.25, -0.2) is 0 Å².